The maximum absolute atomic E-state index is 14.0. The maximum Gasteiger partial charge on any atom is 0.417 e. The molecule has 5 aromatic carbocycles. The van der Waals surface area contributed by atoms with E-state index in [2.05, 4.69) is 94.5 Å². The average Bonchev–Trinajstić information content (AvgIpc) is 1.62. The van der Waals surface area contributed by atoms with Crippen molar-refractivity contribution in [2.75, 3.05) is 61.5 Å². The molecule has 0 saturated carbocycles. The zero-order chi connectivity index (χ0) is 79.1. The minimum absolute atomic E-state index is 0.146. The van der Waals surface area contributed by atoms with Crippen molar-refractivity contribution in [1.29, 1.82) is 0 Å². The number of likely N-dealkylation sites (N-methyl/N-ethyl adjacent to an activating group) is 4. The van der Waals surface area contributed by atoms with Crippen LogP contribution in [-0.2, 0) is 102 Å². The van der Waals surface area contributed by atoms with Crippen molar-refractivity contribution in [3.05, 3.63) is 257 Å². The summed E-state index contributed by atoms with van der Waals surface area (Å²) in [4.78, 5) is 21.0. The number of nitrogens with zero attached hydrogens (tertiary/aromatic N) is 11. The number of fused-ring (bicyclic) bond motifs is 12. The van der Waals surface area contributed by atoms with Crippen molar-refractivity contribution in [2.24, 2.45) is 0 Å². The number of hydrogen-bond acceptors (Lipinski definition) is 12. The van der Waals surface area contributed by atoms with Crippen molar-refractivity contribution in [3.63, 3.8) is 0 Å². The highest BCUT2D eigenvalue weighted by Crippen LogP contribution is 2.41. The van der Waals surface area contributed by atoms with Crippen LogP contribution in [0.3, 0.4) is 0 Å². The highest BCUT2D eigenvalue weighted by Gasteiger charge is 2.36. The van der Waals surface area contributed by atoms with Crippen LogP contribution < -0.4 is 4.74 Å². The minimum Gasteiger partial charge on any atom is -0.494 e. The molecule has 11 heterocycles. The molecule has 26 heteroatoms. The summed E-state index contributed by atoms with van der Waals surface area (Å²) >= 11 is 18.7. The number of hydrogen-bond donors (Lipinski definition) is 4. The van der Waals surface area contributed by atoms with Gasteiger partial charge in [0, 0.05) is 213 Å². The van der Waals surface area contributed by atoms with Gasteiger partial charge in [0.2, 0.25) is 0 Å². The molecule has 4 aliphatic heterocycles. The van der Waals surface area contributed by atoms with Gasteiger partial charge in [0.15, 0.2) is 11.6 Å². The first kappa shape index (κ1) is 80.6. The fourth-order valence-electron chi connectivity index (χ4n) is 16.0. The van der Waals surface area contributed by atoms with Crippen LogP contribution in [0.4, 0.5) is 30.7 Å². The summed E-state index contributed by atoms with van der Waals surface area (Å²) in [6.07, 6.45) is -0.473. The van der Waals surface area contributed by atoms with E-state index in [4.69, 9.17) is 39.5 Å². The SMILES string of the molecule is CCCc1ccc(C(C)(O)Cn2c3c(c4cc(Cl)ccc42)CN(C)CC3)cn1.CN1CCc2c(c3cc(Cl)ccc3n2CC(O)c2cncc(C(F)(F)F)c2)C1.COc1ccc(C(O)Cn2c3c(c4cc(Cl)ccc42)CN(C)CC3)cc1F.Cc1ccc2c(c1)c1c(n2CC(O)c2cncc(C(F)(F)F)c2)CCN(C)C1. The molecule has 4 N–H and O–H groups in total. The molecular formula is C85H91Cl3F7N11O5. The molecule has 0 spiro atoms. The largest absolute Gasteiger partial charge is 0.494 e. The molecule has 0 saturated heterocycles. The van der Waals surface area contributed by atoms with Gasteiger partial charge >= 0.3 is 12.4 Å². The standard InChI is InChI=1S/C23H28ClN3O.C21H22ClFN2O2.C21H22F3N3O.C20H19ClF3N3O/c1-4-5-18-8-6-16(13-25-18)23(2,28)15-27-21-9-7-17(24)12-19(21)20-14-26(3)11-10-22(20)27;1-24-8-7-19-16(11-24)15-10-14(22)4-5-18(15)25(19)12-20(26)13-3-6-21(27-2)17(23)9-13;1-13-3-4-18-16(7-13)17-11-26(2)6-5-19(17)27(18)12-20(28)14-8-15(10-25-9-14)21(22,23)24;1-26-5-4-18-16(10-26)15-7-14(21)2-3-17(15)27(18)11-19(28)12-6-13(9-25-8-12)20(22,23)24/h6-9,12-13,28H,4-5,10-11,14-15H2,1-3H3;3-6,9-10,20,26H,7-8,11-12H2,1-2H3;3-4,7-10,20,28H,5-6,11-12H2,1-2H3;2-3,6-9,19,28H,4-5,10-11H2,1H3. The molecule has 0 aliphatic carbocycles. The van der Waals surface area contributed by atoms with Crippen LogP contribution in [0, 0.1) is 12.7 Å². The second-order valence-corrected chi connectivity index (χ2v) is 31.4. The first-order valence-corrected chi connectivity index (χ1v) is 38.3. The molecule has 0 amide bonds. The number of methoxy groups -OCH3 is 1. The molecule has 4 atom stereocenters. The Morgan fingerprint density at radius 2 is 0.856 bits per heavy atom. The number of aliphatic hydroxyl groups excluding tert-OH is 3. The second-order valence-electron chi connectivity index (χ2n) is 30.1. The number of ether oxygens (including phenoxy) is 1. The van der Waals surface area contributed by atoms with E-state index in [0.29, 0.717) is 28.7 Å². The third-order valence-electron chi connectivity index (χ3n) is 21.8. The number of aliphatic hydroxyl groups is 4. The van der Waals surface area contributed by atoms with Crippen molar-refractivity contribution >= 4 is 78.4 Å². The molecule has 4 unspecified atom stereocenters. The van der Waals surface area contributed by atoms with Crippen LogP contribution in [0.1, 0.15) is 128 Å². The number of aryl methyl sites for hydroxylation is 2. The van der Waals surface area contributed by atoms with Gasteiger partial charge < -0.3 is 63.0 Å². The van der Waals surface area contributed by atoms with Crippen LogP contribution in [0.25, 0.3) is 43.6 Å². The van der Waals surface area contributed by atoms with E-state index in [-0.39, 0.29) is 30.0 Å². The normalized spacial score (nSPS) is 16.3. The summed E-state index contributed by atoms with van der Waals surface area (Å²) in [5, 5.41) is 50.1. The highest BCUT2D eigenvalue weighted by atomic mass is 35.5. The van der Waals surface area contributed by atoms with Crippen molar-refractivity contribution < 1.29 is 55.9 Å². The van der Waals surface area contributed by atoms with E-state index in [1.165, 1.54) is 59.0 Å². The van der Waals surface area contributed by atoms with E-state index in [9.17, 15) is 51.2 Å². The Kier molecular flexibility index (Phi) is 24.2. The predicted octanol–water partition coefficient (Wildman–Crippen LogP) is 17.2. The Balaban J connectivity index is 0.000000130. The van der Waals surface area contributed by atoms with Crippen LogP contribution in [0.5, 0.6) is 5.75 Å². The lowest BCUT2D eigenvalue weighted by molar-refractivity contribution is -0.138. The average molecular weight is 1590 g/mol. The molecule has 0 bridgehead atoms. The van der Waals surface area contributed by atoms with Gasteiger partial charge in [-0.05, 0) is 173 Å². The van der Waals surface area contributed by atoms with Gasteiger partial charge in [-0.25, -0.2) is 4.39 Å². The lowest BCUT2D eigenvalue weighted by atomic mass is 9.96. The van der Waals surface area contributed by atoms with Gasteiger partial charge in [-0.1, -0.05) is 71.9 Å². The van der Waals surface area contributed by atoms with E-state index >= 15 is 0 Å². The van der Waals surface area contributed by atoms with Crippen molar-refractivity contribution in [2.45, 2.75) is 148 Å². The topological polar surface area (TPSA) is 162 Å². The lowest BCUT2D eigenvalue weighted by Gasteiger charge is -2.28. The van der Waals surface area contributed by atoms with E-state index < -0.39 is 53.2 Å². The Labute approximate surface area is 655 Å². The molecule has 586 valence electrons. The van der Waals surface area contributed by atoms with Gasteiger partial charge in [0.25, 0.3) is 0 Å². The van der Waals surface area contributed by atoms with Gasteiger partial charge in [0.1, 0.15) is 5.60 Å². The molecule has 16 nitrogen and oxygen atoms in total. The Morgan fingerprint density at radius 3 is 1.23 bits per heavy atom. The lowest BCUT2D eigenvalue weighted by Crippen LogP contribution is -2.31. The van der Waals surface area contributed by atoms with Gasteiger partial charge in [-0.15, -0.1) is 0 Å². The quantitative estimate of drug-likeness (QED) is 0.0720. The Hall–Kier alpha value is -8.43. The number of rotatable bonds is 15. The zero-order valence-electron chi connectivity index (χ0n) is 63.2. The molecule has 16 rings (SSSR count). The Bertz CT molecular complexity index is 5200. The van der Waals surface area contributed by atoms with Gasteiger partial charge in [0.05, 0.1) is 62.7 Å². The third-order valence-corrected chi connectivity index (χ3v) is 22.5. The van der Waals surface area contributed by atoms with E-state index in [1.807, 2.05) is 92.3 Å². The molecule has 0 fully saturated rings. The molecule has 4 aliphatic rings. The summed E-state index contributed by atoms with van der Waals surface area (Å²) < 4.78 is 105. The second kappa shape index (κ2) is 33.3. The summed E-state index contributed by atoms with van der Waals surface area (Å²) in [5.74, 6) is -0.297. The smallest absolute Gasteiger partial charge is 0.417 e. The summed E-state index contributed by atoms with van der Waals surface area (Å²) in [6.45, 7) is 14.4. The number of benzene rings is 5. The maximum atomic E-state index is 14.0. The molecular weight excluding hydrogens is 1490 g/mol. The molecule has 0 radical (unpaired) electrons. The predicted molar refractivity (Wildman–Crippen MR) is 422 cm³/mol. The summed E-state index contributed by atoms with van der Waals surface area (Å²) in [7, 11) is 9.79. The number of alkyl halides is 6. The first-order valence-electron chi connectivity index (χ1n) is 37.2. The monoisotopic (exact) mass is 1580 g/mol. The van der Waals surface area contributed by atoms with Gasteiger partial charge in [-0.2, -0.15) is 26.3 Å². The van der Waals surface area contributed by atoms with Crippen LogP contribution in [-0.4, -0.2) is 135 Å². The van der Waals surface area contributed by atoms with Crippen molar-refractivity contribution in [1.82, 2.24) is 52.8 Å². The van der Waals surface area contributed by atoms with Crippen molar-refractivity contribution in [3.8, 4) is 5.75 Å². The van der Waals surface area contributed by atoms with E-state index in [0.717, 1.165) is 192 Å². The summed E-state index contributed by atoms with van der Waals surface area (Å²) in [5.41, 5.74) is 15.1. The minimum atomic E-state index is -4.50. The number of aromatic nitrogens is 7. The number of halogens is 10. The fraction of sp³-hybridized carbons (Fsp3) is 0.376. The van der Waals surface area contributed by atoms with Gasteiger partial charge in [-0.3, -0.25) is 15.0 Å². The number of pyridine rings is 3. The van der Waals surface area contributed by atoms with Crippen LogP contribution >= 0.6 is 34.8 Å². The highest BCUT2D eigenvalue weighted by molar-refractivity contribution is 6.32. The third kappa shape index (κ3) is 17.7. The van der Waals surface area contributed by atoms with E-state index in [1.54, 1.807) is 18.2 Å². The Morgan fingerprint density at radius 1 is 0.468 bits per heavy atom. The molecule has 7 aromatic heterocycles. The molecule has 12 aromatic rings. The van der Waals surface area contributed by atoms with Crippen LogP contribution in [0.2, 0.25) is 15.1 Å². The fourth-order valence-corrected chi connectivity index (χ4v) is 16.6. The molecule has 111 heavy (non-hydrogen) atoms. The first-order chi connectivity index (χ1) is 52.8. The zero-order valence-corrected chi connectivity index (χ0v) is 65.5. The summed E-state index contributed by atoms with van der Waals surface area (Å²) in [6, 6.07) is 34.3. The van der Waals surface area contributed by atoms with Crippen LogP contribution in [0.15, 0.2) is 146 Å².